The Balaban J connectivity index is 1.80. The summed E-state index contributed by atoms with van der Waals surface area (Å²) >= 11 is 0. The zero-order valence-electron chi connectivity index (χ0n) is 20.5. The molecule has 9 heteroatoms. The van der Waals surface area contributed by atoms with Gasteiger partial charge in [0, 0.05) is 18.9 Å². The maximum atomic E-state index is 13.9. The molecule has 1 N–H and O–H groups in total. The second kappa shape index (κ2) is 7.69. The summed E-state index contributed by atoms with van der Waals surface area (Å²) in [6, 6.07) is 4.42. The van der Waals surface area contributed by atoms with Crippen LogP contribution in [0, 0.1) is 11.3 Å². The average molecular weight is 480 g/mol. The fraction of sp³-hybridized carbons (Fsp3) is 0.462. The first-order valence-corrected chi connectivity index (χ1v) is 11.8. The summed E-state index contributed by atoms with van der Waals surface area (Å²) in [4.78, 5) is 53.3. The van der Waals surface area contributed by atoms with Gasteiger partial charge in [0.15, 0.2) is 23.1 Å². The lowest BCUT2D eigenvalue weighted by atomic mass is 9.50. The van der Waals surface area contributed by atoms with E-state index in [0.717, 1.165) is 10.1 Å². The minimum Gasteiger partial charge on any atom is -0.504 e. The molecule has 1 aromatic carbocycles. The first kappa shape index (κ1) is 23.1. The largest absolute Gasteiger partial charge is 0.504 e. The van der Waals surface area contributed by atoms with Crippen molar-refractivity contribution in [1.29, 1.82) is 0 Å². The topological polar surface area (TPSA) is 113 Å². The third-order valence-corrected chi connectivity index (χ3v) is 8.24. The molecule has 2 heterocycles. The van der Waals surface area contributed by atoms with E-state index < -0.39 is 34.7 Å². The number of hydrogen-bond donors (Lipinski definition) is 1. The Bertz CT molecular complexity index is 1470. The molecule has 4 atom stereocenters. The highest BCUT2D eigenvalue weighted by Gasteiger charge is 2.60. The number of ether oxygens (including phenoxy) is 1. The number of carbonyl (C=O) groups is 2. The van der Waals surface area contributed by atoms with Crippen LogP contribution in [0.4, 0.5) is 0 Å². The summed E-state index contributed by atoms with van der Waals surface area (Å²) < 4.78 is 9.51. The molecule has 1 saturated carbocycles. The predicted octanol–water partition coefficient (Wildman–Crippen LogP) is 2.23. The van der Waals surface area contributed by atoms with Gasteiger partial charge in [-0.2, -0.15) is 0 Å². The van der Waals surface area contributed by atoms with E-state index >= 15 is 0 Å². The molecule has 0 amide bonds. The van der Waals surface area contributed by atoms with Gasteiger partial charge in [-0.25, -0.2) is 23.5 Å². The van der Waals surface area contributed by atoms with E-state index in [2.05, 4.69) is 0 Å². The summed E-state index contributed by atoms with van der Waals surface area (Å²) in [5.74, 6) is -1.17. The number of Topliss-reactive ketones (excluding diaryl/α,β-unsaturated/α-hetero) is 2. The van der Waals surface area contributed by atoms with E-state index in [9.17, 15) is 24.3 Å². The van der Waals surface area contributed by atoms with Crippen LogP contribution < -0.4 is 16.1 Å². The van der Waals surface area contributed by atoms with Crippen LogP contribution in [0.2, 0.25) is 0 Å². The molecule has 0 bridgehead atoms. The molecule has 9 nitrogen and oxygen atoms in total. The Morgan fingerprint density at radius 2 is 1.83 bits per heavy atom. The summed E-state index contributed by atoms with van der Waals surface area (Å²) in [5, 5.41) is 10.3. The zero-order valence-corrected chi connectivity index (χ0v) is 20.5. The van der Waals surface area contributed by atoms with Crippen LogP contribution >= 0.6 is 0 Å². The summed E-state index contributed by atoms with van der Waals surface area (Å²) in [6.45, 7) is 7.54. The van der Waals surface area contributed by atoms with Crippen molar-refractivity contribution in [2.75, 3.05) is 6.61 Å². The van der Waals surface area contributed by atoms with Gasteiger partial charge >= 0.3 is 11.4 Å². The van der Waals surface area contributed by atoms with Crippen molar-refractivity contribution in [3.05, 3.63) is 67.5 Å². The van der Waals surface area contributed by atoms with Crippen LogP contribution in [0.25, 0.3) is 0 Å². The molecule has 2 aromatic rings. The smallest absolute Gasteiger partial charge is 0.347 e. The molecule has 5 rings (SSSR count). The summed E-state index contributed by atoms with van der Waals surface area (Å²) in [5.41, 5.74) is 0.456. The third-order valence-electron chi connectivity index (χ3n) is 8.24. The number of ketones is 2. The van der Waals surface area contributed by atoms with Crippen molar-refractivity contribution in [1.82, 2.24) is 13.9 Å². The van der Waals surface area contributed by atoms with E-state index in [1.165, 1.54) is 22.5 Å². The molecule has 3 aliphatic rings. The average Bonchev–Trinajstić information content (AvgIpc) is 3.06. The highest BCUT2D eigenvalue weighted by molar-refractivity contribution is 6.15. The number of carbonyl (C=O) groups excluding carboxylic acids is 2. The van der Waals surface area contributed by atoms with Crippen LogP contribution in [-0.2, 0) is 23.2 Å². The van der Waals surface area contributed by atoms with Crippen LogP contribution in [0.15, 0.2) is 50.6 Å². The van der Waals surface area contributed by atoms with Gasteiger partial charge in [0.2, 0.25) is 0 Å². The van der Waals surface area contributed by atoms with Gasteiger partial charge in [0.1, 0.15) is 0 Å². The van der Waals surface area contributed by atoms with Gasteiger partial charge in [-0.1, -0.05) is 19.1 Å². The summed E-state index contributed by atoms with van der Waals surface area (Å²) in [7, 11) is 1.44. The number of phenolic OH excluding ortho intramolecular Hbond substituents is 1. The highest BCUT2D eigenvalue weighted by Crippen LogP contribution is 2.60. The van der Waals surface area contributed by atoms with Gasteiger partial charge in [-0.05, 0) is 61.6 Å². The molecule has 1 aromatic heterocycles. The Kier molecular flexibility index (Phi) is 5.09. The fourth-order valence-electron chi connectivity index (χ4n) is 6.31. The molecule has 1 fully saturated rings. The number of phenols is 1. The van der Waals surface area contributed by atoms with E-state index in [0.29, 0.717) is 23.3 Å². The molecule has 0 radical (unpaired) electrons. The number of hydrogen-bond acceptors (Lipinski definition) is 6. The normalized spacial score (nSPS) is 27.8. The minimum atomic E-state index is -1.09. The molecular weight excluding hydrogens is 450 g/mol. The SMILES string of the molecule is CCOc1cc(C2C3=CCn4c(=O)n(C)c(=O)n4C3CC3C(=O)C(C)=C(C)C(=O)C32C)ccc1O. The Morgan fingerprint density at radius 3 is 2.51 bits per heavy atom. The van der Waals surface area contributed by atoms with Crippen LogP contribution in [0.3, 0.4) is 0 Å². The van der Waals surface area contributed by atoms with Gasteiger partial charge in [0.05, 0.1) is 24.6 Å². The van der Waals surface area contributed by atoms with E-state index in [-0.39, 0.29) is 36.0 Å². The second-order valence-electron chi connectivity index (χ2n) is 9.88. The molecule has 35 heavy (non-hydrogen) atoms. The number of aromatic hydroxyl groups is 1. The van der Waals surface area contributed by atoms with Crippen LogP contribution in [0.1, 0.15) is 51.6 Å². The minimum absolute atomic E-state index is 0.0200. The Labute approximate surface area is 201 Å². The van der Waals surface area contributed by atoms with Crippen molar-refractivity contribution in [2.45, 2.75) is 52.6 Å². The molecule has 0 spiro atoms. The fourth-order valence-corrected chi connectivity index (χ4v) is 6.31. The number of benzene rings is 1. The number of aromatic nitrogens is 3. The lowest BCUT2D eigenvalue weighted by Crippen LogP contribution is -2.55. The highest BCUT2D eigenvalue weighted by atomic mass is 16.5. The number of allylic oxidation sites excluding steroid dienone is 4. The number of fused-ring (bicyclic) bond motifs is 4. The molecule has 0 saturated heterocycles. The number of nitrogens with zero attached hydrogens (tertiary/aromatic N) is 3. The monoisotopic (exact) mass is 479 g/mol. The molecule has 2 aliphatic carbocycles. The van der Waals surface area contributed by atoms with Gasteiger partial charge in [-0.15, -0.1) is 0 Å². The standard InChI is InChI=1S/C26H29N3O6/c1-6-35-20-11-15(7-8-19(20)30)21-16-9-10-28-24(33)27(5)25(34)29(28)18(16)12-17-22(31)13(2)14(3)23(32)26(17,21)4/h7-9,11,17-18,21,30H,6,10,12H2,1-5H3. The van der Waals surface area contributed by atoms with Gasteiger partial charge in [-0.3, -0.25) is 9.59 Å². The quantitative estimate of drug-likeness (QED) is 0.676. The second-order valence-corrected chi connectivity index (χ2v) is 9.88. The van der Waals surface area contributed by atoms with E-state index in [4.69, 9.17) is 4.74 Å². The Morgan fingerprint density at radius 1 is 1.11 bits per heavy atom. The van der Waals surface area contributed by atoms with Crippen molar-refractivity contribution < 1.29 is 19.4 Å². The molecular formula is C26H29N3O6. The number of rotatable bonds is 3. The lowest BCUT2D eigenvalue weighted by molar-refractivity contribution is -0.140. The molecule has 184 valence electrons. The maximum Gasteiger partial charge on any atom is 0.347 e. The van der Waals surface area contributed by atoms with Gasteiger partial charge < -0.3 is 9.84 Å². The first-order chi connectivity index (χ1) is 16.5. The van der Waals surface area contributed by atoms with Crippen molar-refractivity contribution in [2.24, 2.45) is 18.4 Å². The van der Waals surface area contributed by atoms with Crippen LogP contribution in [-0.4, -0.2) is 37.2 Å². The molecule has 1 aliphatic heterocycles. The first-order valence-electron chi connectivity index (χ1n) is 11.8. The zero-order chi connectivity index (χ0) is 25.4. The summed E-state index contributed by atoms with van der Waals surface area (Å²) in [6.07, 6.45) is 2.15. The lowest BCUT2D eigenvalue weighted by Gasteiger charge is -2.53. The van der Waals surface area contributed by atoms with Crippen molar-refractivity contribution in [3.63, 3.8) is 0 Å². The van der Waals surface area contributed by atoms with Crippen LogP contribution in [0.5, 0.6) is 11.5 Å². The maximum absolute atomic E-state index is 13.9. The van der Waals surface area contributed by atoms with E-state index in [1.807, 2.05) is 19.9 Å². The van der Waals surface area contributed by atoms with Gasteiger partial charge in [0.25, 0.3) is 0 Å². The van der Waals surface area contributed by atoms with Crippen molar-refractivity contribution in [3.8, 4) is 11.5 Å². The predicted molar refractivity (Wildman–Crippen MR) is 128 cm³/mol. The van der Waals surface area contributed by atoms with Crippen molar-refractivity contribution >= 4 is 11.6 Å². The molecule has 4 unspecified atom stereocenters. The van der Waals surface area contributed by atoms with E-state index in [1.54, 1.807) is 26.0 Å². The Hall–Kier alpha value is -3.62. The third kappa shape index (κ3) is 2.93.